The van der Waals surface area contributed by atoms with Crippen LogP contribution in [0.15, 0.2) is 53.6 Å². The lowest BCUT2D eigenvalue weighted by molar-refractivity contribution is -0.126. The second kappa shape index (κ2) is 9.11. The van der Waals surface area contributed by atoms with E-state index in [-0.39, 0.29) is 24.4 Å². The number of fused-ring (bicyclic) bond motifs is 1. The van der Waals surface area contributed by atoms with Gasteiger partial charge in [-0.05, 0) is 26.0 Å². The fourth-order valence-electron chi connectivity index (χ4n) is 2.78. The van der Waals surface area contributed by atoms with Crippen LogP contribution in [0.2, 0.25) is 5.02 Å². The predicted molar refractivity (Wildman–Crippen MR) is 112 cm³/mol. The van der Waals surface area contributed by atoms with Gasteiger partial charge in [0.25, 0.3) is 5.91 Å². The van der Waals surface area contributed by atoms with Gasteiger partial charge in [0.05, 0.1) is 29.6 Å². The van der Waals surface area contributed by atoms with Gasteiger partial charge < -0.3 is 19.3 Å². The normalized spacial score (nSPS) is 12.3. The SMILES string of the molecule is CC(C)OCC(Oc1ncnc2c1cnn2-c1ccccc1Cl)C(=O)Nc1ccon1. The molecule has 0 aliphatic heterocycles. The second-order valence-corrected chi connectivity index (χ2v) is 7.19. The van der Waals surface area contributed by atoms with Gasteiger partial charge >= 0.3 is 0 Å². The lowest BCUT2D eigenvalue weighted by Gasteiger charge is -2.19. The first kappa shape index (κ1) is 20.8. The number of carbonyl (C=O) groups is 1. The maximum atomic E-state index is 12.8. The number of aromatic nitrogens is 5. The van der Waals surface area contributed by atoms with Crippen LogP contribution in [0, 0.1) is 0 Å². The Hall–Kier alpha value is -3.50. The van der Waals surface area contributed by atoms with Gasteiger partial charge in [0.1, 0.15) is 18.0 Å². The van der Waals surface area contributed by atoms with Crippen molar-refractivity contribution in [2.45, 2.75) is 26.1 Å². The fourth-order valence-corrected chi connectivity index (χ4v) is 2.99. The molecule has 1 amide bonds. The summed E-state index contributed by atoms with van der Waals surface area (Å²) in [7, 11) is 0. The topological polar surface area (TPSA) is 117 Å². The third kappa shape index (κ3) is 4.65. The summed E-state index contributed by atoms with van der Waals surface area (Å²) in [4.78, 5) is 21.3. The number of anilines is 1. The van der Waals surface area contributed by atoms with Crippen LogP contribution in [0.5, 0.6) is 5.88 Å². The first-order chi connectivity index (χ1) is 15.0. The molecule has 31 heavy (non-hydrogen) atoms. The lowest BCUT2D eigenvalue weighted by Crippen LogP contribution is -2.38. The summed E-state index contributed by atoms with van der Waals surface area (Å²) >= 11 is 6.30. The number of nitrogens with zero attached hydrogens (tertiary/aromatic N) is 5. The highest BCUT2D eigenvalue weighted by molar-refractivity contribution is 6.32. The van der Waals surface area contributed by atoms with E-state index >= 15 is 0 Å². The average molecular weight is 443 g/mol. The molecule has 10 nitrogen and oxygen atoms in total. The van der Waals surface area contributed by atoms with Gasteiger partial charge in [0.15, 0.2) is 11.5 Å². The Labute approximate surface area is 182 Å². The highest BCUT2D eigenvalue weighted by Crippen LogP contribution is 2.27. The van der Waals surface area contributed by atoms with Crippen LogP contribution in [-0.2, 0) is 9.53 Å². The van der Waals surface area contributed by atoms with Gasteiger partial charge in [-0.25, -0.2) is 14.6 Å². The molecule has 0 radical (unpaired) electrons. The molecule has 3 heterocycles. The molecule has 160 valence electrons. The summed E-state index contributed by atoms with van der Waals surface area (Å²) < 4.78 is 17.9. The van der Waals surface area contributed by atoms with Crippen molar-refractivity contribution in [3.8, 4) is 11.6 Å². The van der Waals surface area contributed by atoms with Crippen molar-refractivity contribution in [1.82, 2.24) is 24.9 Å². The van der Waals surface area contributed by atoms with Gasteiger partial charge in [0.2, 0.25) is 12.0 Å². The minimum atomic E-state index is -0.999. The van der Waals surface area contributed by atoms with Crippen molar-refractivity contribution in [3.05, 3.63) is 54.1 Å². The zero-order valence-electron chi connectivity index (χ0n) is 16.7. The smallest absolute Gasteiger partial charge is 0.269 e. The number of benzene rings is 1. The van der Waals surface area contributed by atoms with E-state index in [0.717, 1.165) is 0 Å². The summed E-state index contributed by atoms with van der Waals surface area (Å²) in [5.74, 6) is -0.00158. The number of nitrogens with one attached hydrogen (secondary N) is 1. The van der Waals surface area contributed by atoms with E-state index in [2.05, 4.69) is 25.5 Å². The van der Waals surface area contributed by atoms with E-state index in [9.17, 15) is 4.79 Å². The Bertz CT molecular complexity index is 1180. The second-order valence-electron chi connectivity index (χ2n) is 6.79. The van der Waals surface area contributed by atoms with E-state index in [1.165, 1.54) is 18.7 Å². The highest BCUT2D eigenvalue weighted by Gasteiger charge is 2.25. The van der Waals surface area contributed by atoms with Crippen LogP contribution in [0.25, 0.3) is 16.7 Å². The fraction of sp³-hybridized carbons (Fsp3) is 0.250. The molecule has 0 aliphatic rings. The molecule has 11 heteroatoms. The number of halogens is 1. The van der Waals surface area contributed by atoms with Crippen molar-refractivity contribution in [1.29, 1.82) is 0 Å². The third-order valence-electron chi connectivity index (χ3n) is 4.23. The number of amides is 1. The van der Waals surface area contributed by atoms with E-state index in [1.54, 1.807) is 16.9 Å². The molecule has 0 saturated heterocycles. The van der Waals surface area contributed by atoms with E-state index < -0.39 is 12.0 Å². The summed E-state index contributed by atoms with van der Waals surface area (Å²) in [6.45, 7) is 3.73. The van der Waals surface area contributed by atoms with Crippen LogP contribution < -0.4 is 10.1 Å². The molecule has 4 rings (SSSR count). The van der Waals surface area contributed by atoms with Gasteiger partial charge in [-0.3, -0.25) is 4.79 Å². The van der Waals surface area contributed by atoms with Crippen molar-refractivity contribution in [2.24, 2.45) is 0 Å². The van der Waals surface area contributed by atoms with Crippen molar-refractivity contribution < 1.29 is 18.8 Å². The van der Waals surface area contributed by atoms with Crippen molar-refractivity contribution in [3.63, 3.8) is 0 Å². The Balaban J connectivity index is 1.64. The van der Waals surface area contributed by atoms with Crippen molar-refractivity contribution in [2.75, 3.05) is 11.9 Å². The molecule has 1 unspecified atom stereocenters. The minimum Gasteiger partial charge on any atom is -0.461 e. The molecule has 3 aromatic heterocycles. The zero-order chi connectivity index (χ0) is 21.8. The quantitative estimate of drug-likeness (QED) is 0.441. The van der Waals surface area contributed by atoms with Gasteiger partial charge in [0, 0.05) is 6.07 Å². The molecule has 0 bridgehead atoms. The molecular formula is C20H19ClN6O4. The standard InChI is InChI=1S/C20H19ClN6O4/c1-12(2)29-10-16(19(28)25-17-7-8-30-26-17)31-20-13-9-24-27(18(13)22-11-23-20)15-6-4-3-5-14(15)21/h3-9,11-12,16H,10H2,1-2H3,(H,25,26,28). The van der Waals surface area contributed by atoms with E-state index in [1.807, 2.05) is 32.0 Å². The number of carbonyl (C=O) groups excluding carboxylic acids is 1. The van der Waals surface area contributed by atoms with E-state index in [0.29, 0.717) is 21.7 Å². The Morgan fingerprint density at radius 2 is 2.10 bits per heavy atom. The zero-order valence-corrected chi connectivity index (χ0v) is 17.5. The molecule has 1 aromatic carbocycles. The Morgan fingerprint density at radius 1 is 1.26 bits per heavy atom. The Morgan fingerprint density at radius 3 is 2.84 bits per heavy atom. The number of para-hydroxylation sites is 1. The lowest BCUT2D eigenvalue weighted by atomic mass is 10.3. The van der Waals surface area contributed by atoms with Gasteiger partial charge in [-0.1, -0.05) is 28.9 Å². The Kier molecular flexibility index (Phi) is 6.10. The number of rotatable bonds is 8. The van der Waals surface area contributed by atoms with Crippen LogP contribution in [-0.4, -0.2) is 49.6 Å². The molecule has 0 spiro atoms. The van der Waals surface area contributed by atoms with Crippen LogP contribution in [0.1, 0.15) is 13.8 Å². The van der Waals surface area contributed by atoms with Crippen molar-refractivity contribution >= 4 is 34.4 Å². The molecular weight excluding hydrogens is 424 g/mol. The third-order valence-corrected chi connectivity index (χ3v) is 4.55. The maximum Gasteiger partial charge on any atom is 0.269 e. The molecule has 0 saturated carbocycles. The number of hydrogen-bond donors (Lipinski definition) is 1. The highest BCUT2D eigenvalue weighted by atomic mass is 35.5. The first-order valence-corrected chi connectivity index (χ1v) is 9.84. The molecule has 1 atom stereocenters. The van der Waals surface area contributed by atoms with Crippen LogP contribution >= 0.6 is 11.6 Å². The molecule has 0 aliphatic carbocycles. The molecule has 4 aromatic rings. The largest absolute Gasteiger partial charge is 0.461 e. The summed E-state index contributed by atoms with van der Waals surface area (Å²) in [5.41, 5.74) is 1.14. The summed E-state index contributed by atoms with van der Waals surface area (Å²) in [5, 5.41) is 11.7. The van der Waals surface area contributed by atoms with Crippen LogP contribution in [0.3, 0.4) is 0 Å². The molecule has 1 N–H and O–H groups in total. The van der Waals surface area contributed by atoms with Gasteiger partial charge in [-0.15, -0.1) is 0 Å². The average Bonchev–Trinajstić information content (AvgIpc) is 3.41. The number of hydrogen-bond acceptors (Lipinski definition) is 8. The maximum absolute atomic E-state index is 12.8. The number of ether oxygens (including phenoxy) is 2. The predicted octanol–water partition coefficient (Wildman–Crippen LogP) is 3.27. The first-order valence-electron chi connectivity index (χ1n) is 9.46. The summed E-state index contributed by atoms with van der Waals surface area (Å²) in [6.07, 6.45) is 3.15. The van der Waals surface area contributed by atoms with E-state index in [4.69, 9.17) is 25.6 Å². The monoisotopic (exact) mass is 442 g/mol. The molecule has 0 fully saturated rings. The summed E-state index contributed by atoms with van der Waals surface area (Å²) in [6, 6.07) is 8.78. The van der Waals surface area contributed by atoms with Crippen LogP contribution in [0.4, 0.5) is 5.82 Å². The van der Waals surface area contributed by atoms with Gasteiger partial charge in [-0.2, -0.15) is 5.10 Å². The minimum absolute atomic E-state index is 0.00545.